The van der Waals surface area contributed by atoms with Crippen molar-refractivity contribution < 1.29 is 4.79 Å². The summed E-state index contributed by atoms with van der Waals surface area (Å²) in [4.78, 5) is 17.1. The van der Waals surface area contributed by atoms with Gasteiger partial charge in [-0.1, -0.05) is 0 Å². The van der Waals surface area contributed by atoms with Crippen molar-refractivity contribution in [1.29, 1.82) is 0 Å². The third-order valence-corrected chi connectivity index (χ3v) is 2.11. The van der Waals surface area contributed by atoms with Crippen LogP contribution in [0.4, 0.5) is 0 Å². The van der Waals surface area contributed by atoms with Crippen LogP contribution in [-0.4, -0.2) is 42.4 Å². The molecule has 0 aromatic heterocycles. The van der Waals surface area contributed by atoms with E-state index in [-0.39, 0.29) is 11.9 Å². The maximum absolute atomic E-state index is 11.2. The van der Waals surface area contributed by atoms with E-state index < -0.39 is 0 Å². The summed E-state index contributed by atoms with van der Waals surface area (Å²) in [6.45, 7) is 5.77. The average molecular weight is 184 g/mol. The Morgan fingerprint density at radius 1 is 1.85 bits per heavy atom. The second-order valence-corrected chi connectivity index (χ2v) is 2.99. The molecule has 5 heteroatoms. The largest absolute Gasteiger partial charge is 0.370 e. The molecule has 3 N–H and O–H groups in total. The van der Waals surface area contributed by atoms with E-state index in [4.69, 9.17) is 5.73 Å². The van der Waals surface area contributed by atoms with Gasteiger partial charge in [0.2, 0.25) is 5.91 Å². The minimum Gasteiger partial charge on any atom is -0.370 e. The number of nitrogens with zero attached hydrogens (tertiary/aromatic N) is 2. The molecule has 0 aliphatic carbocycles. The second kappa shape index (κ2) is 4.11. The first-order chi connectivity index (χ1) is 6.16. The van der Waals surface area contributed by atoms with Crippen molar-refractivity contribution in [2.24, 2.45) is 10.7 Å². The zero-order valence-electron chi connectivity index (χ0n) is 8.08. The van der Waals surface area contributed by atoms with E-state index in [1.807, 2.05) is 18.7 Å². The summed E-state index contributed by atoms with van der Waals surface area (Å²) in [5.74, 6) is 0.477. The highest BCUT2D eigenvalue weighted by atomic mass is 16.2. The molecule has 0 radical (unpaired) electrons. The van der Waals surface area contributed by atoms with Crippen LogP contribution in [0.2, 0.25) is 0 Å². The summed E-state index contributed by atoms with van der Waals surface area (Å²) in [6, 6.07) is -0.205. The topological polar surface area (TPSA) is 70.7 Å². The summed E-state index contributed by atoms with van der Waals surface area (Å²) in [6.07, 6.45) is 0. The summed E-state index contributed by atoms with van der Waals surface area (Å²) < 4.78 is 0. The summed E-state index contributed by atoms with van der Waals surface area (Å²) >= 11 is 0. The second-order valence-electron chi connectivity index (χ2n) is 2.99. The van der Waals surface area contributed by atoms with Crippen LogP contribution in [0.3, 0.4) is 0 Å². The number of aliphatic imine (C=N–C) groups is 1. The Balaban J connectivity index is 2.67. The molecule has 1 atom stereocenters. The van der Waals surface area contributed by atoms with Crippen molar-refractivity contribution >= 4 is 11.9 Å². The molecule has 0 spiro atoms. The first-order valence-corrected chi connectivity index (χ1v) is 4.51. The van der Waals surface area contributed by atoms with Crippen molar-refractivity contribution in [3.05, 3.63) is 0 Å². The molecule has 1 aliphatic rings. The monoisotopic (exact) mass is 184 g/mol. The van der Waals surface area contributed by atoms with Gasteiger partial charge in [-0.3, -0.25) is 9.79 Å². The third kappa shape index (κ3) is 2.11. The van der Waals surface area contributed by atoms with Gasteiger partial charge in [0, 0.05) is 19.6 Å². The van der Waals surface area contributed by atoms with E-state index >= 15 is 0 Å². The maximum atomic E-state index is 11.2. The Labute approximate surface area is 78.0 Å². The number of hydrogen-bond acceptors (Lipinski definition) is 2. The Morgan fingerprint density at radius 2 is 2.54 bits per heavy atom. The lowest BCUT2D eigenvalue weighted by Gasteiger charge is -2.33. The molecule has 74 valence electrons. The van der Waals surface area contributed by atoms with E-state index in [1.165, 1.54) is 0 Å². The minimum absolute atomic E-state index is 0.0144. The van der Waals surface area contributed by atoms with E-state index in [0.717, 1.165) is 6.54 Å². The number of amides is 1. The van der Waals surface area contributed by atoms with Gasteiger partial charge in [0.15, 0.2) is 5.96 Å². The number of hydrogen-bond donors (Lipinski definition) is 2. The van der Waals surface area contributed by atoms with Gasteiger partial charge in [-0.2, -0.15) is 0 Å². The fourth-order valence-electron chi connectivity index (χ4n) is 1.35. The van der Waals surface area contributed by atoms with Crippen molar-refractivity contribution in [2.45, 2.75) is 19.9 Å². The average Bonchev–Trinajstić information content (AvgIpc) is 2.10. The zero-order valence-corrected chi connectivity index (χ0v) is 8.08. The Kier molecular flexibility index (Phi) is 3.11. The van der Waals surface area contributed by atoms with Crippen LogP contribution < -0.4 is 11.1 Å². The maximum Gasteiger partial charge on any atom is 0.242 e. The van der Waals surface area contributed by atoms with Crippen molar-refractivity contribution in [3.8, 4) is 0 Å². The lowest BCUT2D eigenvalue weighted by atomic mass is 10.2. The third-order valence-electron chi connectivity index (χ3n) is 2.11. The van der Waals surface area contributed by atoms with Gasteiger partial charge in [-0.15, -0.1) is 0 Å². The molecule has 1 unspecified atom stereocenters. The molecule has 1 aliphatic heterocycles. The standard InChI is InChI=1S/C8H16N4O/c1-3-10-8(9)12-5-4-11-7(13)6(12)2/h6H,3-5H2,1-2H3,(H2,9,10)(H,11,13). The lowest BCUT2D eigenvalue weighted by Crippen LogP contribution is -2.57. The van der Waals surface area contributed by atoms with Gasteiger partial charge in [0.1, 0.15) is 6.04 Å². The quantitative estimate of drug-likeness (QED) is 0.411. The van der Waals surface area contributed by atoms with Crippen molar-refractivity contribution in [1.82, 2.24) is 10.2 Å². The van der Waals surface area contributed by atoms with E-state index in [1.54, 1.807) is 0 Å². The Bertz CT molecular complexity index is 226. The van der Waals surface area contributed by atoms with Crippen LogP contribution in [0.1, 0.15) is 13.8 Å². The Morgan fingerprint density at radius 3 is 3.15 bits per heavy atom. The highest BCUT2D eigenvalue weighted by molar-refractivity contribution is 5.89. The molecule has 0 aromatic carbocycles. The van der Waals surface area contributed by atoms with E-state index in [0.29, 0.717) is 19.0 Å². The zero-order chi connectivity index (χ0) is 9.84. The van der Waals surface area contributed by atoms with Gasteiger partial charge >= 0.3 is 0 Å². The van der Waals surface area contributed by atoms with Crippen LogP contribution >= 0.6 is 0 Å². The van der Waals surface area contributed by atoms with Crippen LogP contribution in [0.15, 0.2) is 4.99 Å². The van der Waals surface area contributed by atoms with Crippen LogP contribution in [-0.2, 0) is 4.79 Å². The van der Waals surface area contributed by atoms with Gasteiger partial charge in [-0.25, -0.2) is 0 Å². The normalized spacial score (nSPS) is 24.5. The molecule has 13 heavy (non-hydrogen) atoms. The number of nitrogens with two attached hydrogens (primary N) is 1. The lowest BCUT2D eigenvalue weighted by molar-refractivity contribution is -0.126. The SMILES string of the molecule is CCN=C(N)N1CCNC(=O)C1C. The highest BCUT2D eigenvalue weighted by Crippen LogP contribution is 2.02. The number of carbonyl (C=O) groups is 1. The molecular weight excluding hydrogens is 168 g/mol. The van der Waals surface area contributed by atoms with Gasteiger partial charge < -0.3 is 16.0 Å². The summed E-state index contributed by atoms with van der Waals surface area (Å²) in [5, 5.41) is 2.77. The molecule has 1 saturated heterocycles. The molecule has 0 saturated carbocycles. The first kappa shape index (κ1) is 9.83. The van der Waals surface area contributed by atoms with Crippen molar-refractivity contribution in [3.63, 3.8) is 0 Å². The van der Waals surface area contributed by atoms with Gasteiger partial charge in [0.25, 0.3) is 0 Å². The number of carbonyl (C=O) groups excluding carboxylic acids is 1. The highest BCUT2D eigenvalue weighted by Gasteiger charge is 2.26. The molecule has 1 amide bonds. The molecule has 0 bridgehead atoms. The molecule has 5 nitrogen and oxygen atoms in total. The molecule has 0 aromatic rings. The summed E-state index contributed by atoms with van der Waals surface area (Å²) in [5.41, 5.74) is 5.71. The van der Waals surface area contributed by atoms with Crippen LogP contribution in [0.25, 0.3) is 0 Å². The molecule has 1 rings (SSSR count). The molecule has 1 heterocycles. The molecule has 1 fully saturated rings. The fourth-order valence-corrected chi connectivity index (χ4v) is 1.35. The van der Waals surface area contributed by atoms with E-state index in [9.17, 15) is 4.79 Å². The molecular formula is C8H16N4O. The predicted molar refractivity (Wildman–Crippen MR) is 51.3 cm³/mol. The first-order valence-electron chi connectivity index (χ1n) is 4.51. The Hall–Kier alpha value is -1.26. The number of piperazine rings is 1. The smallest absolute Gasteiger partial charge is 0.242 e. The van der Waals surface area contributed by atoms with Crippen LogP contribution in [0, 0.1) is 0 Å². The number of nitrogens with one attached hydrogen (secondary N) is 1. The fraction of sp³-hybridized carbons (Fsp3) is 0.750. The summed E-state index contributed by atoms with van der Waals surface area (Å²) in [7, 11) is 0. The van der Waals surface area contributed by atoms with Gasteiger partial charge in [-0.05, 0) is 13.8 Å². The van der Waals surface area contributed by atoms with E-state index in [2.05, 4.69) is 10.3 Å². The minimum atomic E-state index is -0.205. The number of guanidine groups is 1. The van der Waals surface area contributed by atoms with Crippen molar-refractivity contribution in [2.75, 3.05) is 19.6 Å². The predicted octanol–water partition coefficient (Wildman–Crippen LogP) is -0.859. The van der Waals surface area contributed by atoms with Crippen LogP contribution in [0.5, 0.6) is 0 Å². The number of rotatable bonds is 1. The van der Waals surface area contributed by atoms with Gasteiger partial charge in [0.05, 0.1) is 0 Å².